The van der Waals surface area contributed by atoms with E-state index in [0.717, 1.165) is 16.8 Å². The van der Waals surface area contributed by atoms with Gasteiger partial charge in [0.15, 0.2) is 0 Å². The second-order valence-corrected chi connectivity index (χ2v) is 8.04. The van der Waals surface area contributed by atoms with Crippen LogP contribution in [0.15, 0.2) is 63.4 Å². The first-order valence-electron chi connectivity index (χ1n) is 6.88. The fourth-order valence-corrected chi connectivity index (χ4v) is 3.42. The molecule has 2 aromatic heterocycles. The van der Waals surface area contributed by atoms with Crippen LogP contribution in [0, 0.1) is 0 Å². The molecule has 3 N–H and O–H groups in total. The number of hydrogen-bond donors (Lipinski definition) is 3. The van der Waals surface area contributed by atoms with Gasteiger partial charge in [-0.1, -0.05) is 0 Å². The lowest BCUT2D eigenvalue weighted by Crippen LogP contribution is -2.15. The van der Waals surface area contributed by atoms with Crippen molar-refractivity contribution in [2.75, 3.05) is 0 Å². The summed E-state index contributed by atoms with van der Waals surface area (Å²) in [5, 5.41) is 2.69. The second kappa shape index (κ2) is 6.17. The van der Waals surface area contributed by atoms with E-state index in [4.69, 9.17) is 0 Å². The molecular formula is C14H11N3O7S2. The van der Waals surface area contributed by atoms with Crippen LogP contribution in [0.5, 0.6) is 0 Å². The molecule has 0 atom stereocenters. The van der Waals surface area contributed by atoms with E-state index in [-0.39, 0.29) is 5.69 Å². The Morgan fingerprint density at radius 3 is 1.92 bits per heavy atom. The van der Waals surface area contributed by atoms with E-state index in [1.54, 1.807) is 12.1 Å². The molecule has 26 heavy (non-hydrogen) atoms. The fraction of sp³-hybridized carbons (Fsp3) is 0. The molecule has 10 nitrogen and oxygen atoms in total. The van der Waals surface area contributed by atoms with Crippen LogP contribution in [0.3, 0.4) is 0 Å². The molecule has 2 heterocycles. The van der Waals surface area contributed by atoms with Crippen molar-refractivity contribution in [1.29, 1.82) is 0 Å². The third-order valence-electron chi connectivity index (χ3n) is 3.43. The SMILES string of the molecule is O=c1cc(-c2ccncc2)[nH]n1-c1cc(S(=O)(=O)O)cc(S(=O)(=O)O)c1. The van der Waals surface area contributed by atoms with Crippen molar-refractivity contribution in [1.82, 2.24) is 14.8 Å². The van der Waals surface area contributed by atoms with Gasteiger partial charge in [-0.05, 0) is 30.3 Å². The minimum atomic E-state index is -4.79. The number of benzene rings is 1. The highest BCUT2D eigenvalue weighted by Gasteiger charge is 2.20. The maximum Gasteiger partial charge on any atom is 0.294 e. The highest BCUT2D eigenvalue weighted by Crippen LogP contribution is 2.22. The minimum absolute atomic E-state index is 0.210. The summed E-state index contributed by atoms with van der Waals surface area (Å²) in [5.74, 6) is 0. The maximum atomic E-state index is 12.2. The first-order valence-corrected chi connectivity index (χ1v) is 9.76. The summed E-state index contributed by atoms with van der Waals surface area (Å²) in [7, 11) is -9.57. The Balaban J connectivity index is 2.25. The van der Waals surface area contributed by atoms with Crippen LogP contribution in [0.1, 0.15) is 0 Å². The van der Waals surface area contributed by atoms with Crippen molar-refractivity contribution >= 4 is 20.2 Å². The van der Waals surface area contributed by atoms with Gasteiger partial charge in [-0.2, -0.15) is 16.8 Å². The average Bonchev–Trinajstić information content (AvgIpc) is 2.95. The normalized spacial score (nSPS) is 12.2. The number of pyridine rings is 1. The first kappa shape index (κ1) is 18.0. The quantitative estimate of drug-likeness (QED) is 0.543. The fourth-order valence-electron chi connectivity index (χ4n) is 2.25. The van der Waals surface area contributed by atoms with Gasteiger partial charge >= 0.3 is 0 Å². The van der Waals surface area contributed by atoms with Gasteiger partial charge < -0.3 is 0 Å². The van der Waals surface area contributed by atoms with Crippen LogP contribution in [0.4, 0.5) is 0 Å². The summed E-state index contributed by atoms with van der Waals surface area (Å²) < 4.78 is 64.8. The zero-order valence-electron chi connectivity index (χ0n) is 12.8. The summed E-state index contributed by atoms with van der Waals surface area (Å²) in [4.78, 5) is 14.5. The molecule has 0 spiro atoms. The van der Waals surface area contributed by atoms with Crippen LogP contribution >= 0.6 is 0 Å². The van der Waals surface area contributed by atoms with Crippen molar-refractivity contribution in [3.8, 4) is 16.9 Å². The van der Waals surface area contributed by atoms with Crippen molar-refractivity contribution < 1.29 is 25.9 Å². The molecule has 0 aliphatic heterocycles. The molecule has 0 amide bonds. The predicted octanol–water partition coefficient (Wildman–Crippen LogP) is 0.721. The number of H-pyrrole nitrogens is 1. The zero-order chi connectivity index (χ0) is 19.1. The van der Waals surface area contributed by atoms with Crippen LogP contribution in [0.25, 0.3) is 16.9 Å². The molecule has 0 aliphatic rings. The third kappa shape index (κ3) is 3.57. The zero-order valence-corrected chi connectivity index (χ0v) is 14.4. The topological polar surface area (TPSA) is 159 Å². The summed E-state index contributed by atoms with van der Waals surface area (Å²) in [6.45, 7) is 0. The van der Waals surface area contributed by atoms with E-state index in [2.05, 4.69) is 10.1 Å². The molecule has 136 valence electrons. The molecule has 0 saturated carbocycles. The standard InChI is InChI=1S/C14H11N3O7S2/c18-14-8-13(9-1-3-15-4-2-9)16-17(14)10-5-11(25(19,20)21)7-12(6-10)26(22,23)24/h1-8,16H,(H,19,20,21)(H,22,23,24). The molecular weight excluding hydrogens is 386 g/mol. The molecule has 3 rings (SSSR count). The van der Waals surface area contributed by atoms with Crippen LogP contribution in [0.2, 0.25) is 0 Å². The molecule has 12 heteroatoms. The monoisotopic (exact) mass is 397 g/mol. The minimum Gasteiger partial charge on any atom is -0.290 e. The lowest BCUT2D eigenvalue weighted by molar-refractivity contribution is 0.481. The molecule has 3 aromatic rings. The first-order chi connectivity index (χ1) is 12.1. The van der Waals surface area contributed by atoms with Gasteiger partial charge in [0.25, 0.3) is 25.8 Å². The van der Waals surface area contributed by atoms with Crippen molar-refractivity contribution in [3.05, 3.63) is 59.1 Å². The van der Waals surface area contributed by atoms with Gasteiger partial charge in [-0.25, -0.2) is 4.68 Å². The van der Waals surface area contributed by atoms with Gasteiger partial charge in [0, 0.05) is 24.0 Å². The van der Waals surface area contributed by atoms with E-state index in [0.29, 0.717) is 17.3 Å². The summed E-state index contributed by atoms with van der Waals surface area (Å²) >= 11 is 0. The van der Waals surface area contributed by atoms with E-state index in [1.165, 1.54) is 18.5 Å². The Labute approximate surface area is 147 Å². The molecule has 0 bridgehead atoms. The molecule has 0 aliphatic carbocycles. The molecule has 0 radical (unpaired) electrons. The van der Waals surface area contributed by atoms with Gasteiger partial charge in [0.2, 0.25) is 0 Å². The second-order valence-electron chi connectivity index (χ2n) is 5.19. The van der Waals surface area contributed by atoms with E-state index >= 15 is 0 Å². The van der Waals surface area contributed by atoms with Gasteiger partial charge in [-0.15, -0.1) is 0 Å². The Kier molecular flexibility index (Phi) is 4.28. The van der Waals surface area contributed by atoms with Gasteiger partial charge in [0.1, 0.15) is 0 Å². The maximum absolute atomic E-state index is 12.2. The van der Waals surface area contributed by atoms with Crippen molar-refractivity contribution in [2.45, 2.75) is 9.79 Å². The summed E-state index contributed by atoms with van der Waals surface area (Å²) in [6, 6.07) is 6.80. The Bertz CT molecular complexity index is 1190. The lowest BCUT2D eigenvalue weighted by Gasteiger charge is -2.07. The largest absolute Gasteiger partial charge is 0.294 e. The van der Waals surface area contributed by atoms with Crippen LogP contribution in [-0.2, 0) is 20.2 Å². The number of nitrogens with zero attached hydrogens (tertiary/aromatic N) is 2. The molecule has 0 fully saturated rings. The lowest BCUT2D eigenvalue weighted by atomic mass is 10.2. The van der Waals surface area contributed by atoms with E-state index in [1.807, 2.05) is 0 Å². The third-order valence-corrected chi connectivity index (χ3v) is 5.09. The number of aromatic nitrogens is 3. The Morgan fingerprint density at radius 2 is 1.42 bits per heavy atom. The van der Waals surface area contributed by atoms with E-state index in [9.17, 15) is 30.7 Å². The molecule has 1 aromatic carbocycles. The smallest absolute Gasteiger partial charge is 0.290 e. The Hall–Kier alpha value is -2.80. The number of nitrogens with one attached hydrogen (secondary N) is 1. The van der Waals surface area contributed by atoms with Crippen molar-refractivity contribution in [3.63, 3.8) is 0 Å². The van der Waals surface area contributed by atoms with Gasteiger partial charge in [-0.3, -0.25) is 24.0 Å². The van der Waals surface area contributed by atoms with Gasteiger partial charge in [0.05, 0.1) is 21.2 Å². The highest BCUT2D eigenvalue weighted by molar-refractivity contribution is 7.86. The number of aromatic amines is 1. The van der Waals surface area contributed by atoms with Crippen LogP contribution in [-0.4, -0.2) is 40.7 Å². The summed E-state index contributed by atoms with van der Waals surface area (Å²) in [6.07, 6.45) is 3.00. The highest BCUT2D eigenvalue weighted by atomic mass is 32.2. The molecule has 0 unspecified atom stereocenters. The Morgan fingerprint density at radius 1 is 0.885 bits per heavy atom. The average molecular weight is 397 g/mol. The van der Waals surface area contributed by atoms with E-state index < -0.39 is 35.6 Å². The molecule has 0 saturated heterocycles. The number of rotatable bonds is 4. The number of hydrogen-bond acceptors (Lipinski definition) is 6. The summed E-state index contributed by atoms with van der Waals surface area (Å²) in [5.41, 5.74) is 0.142. The van der Waals surface area contributed by atoms with Crippen molar-refractivity contribution in [2.24, 2.45) is 0 Å². The predicted molar refractivity (Wildman–Crippen MR) is 89.2 cm³/mol. The van der Waals surface area contributed by atoms with Crippen LogP contribution < -0.4 is 5.56 Å².